The molecule has 5 rings (SSSR count). The van der Waals surface area contributed by atoms with Crippen LogP contribution in [-0.2, 0) is 19.2 Å². The summed E-state index contributed by atoms with van der Waals surface area (Å²) in [7, 11) is 2.42. The third-order valence-corrected chi connectivity index (χ3v) is 8.78. The molecule has 1 spiro atoms. The first-order valence-electron chi connectivity index (χ1n) is 13.9. The normalized spacial score (nSPS) is 25.3. The number of nitrogens with zero attached hydrogens (tertiary/aromatic N) is 3. The van der Waals surface area contributed by atoms with Gasteiger partial charge in [0.05, 0.1) is 18.5 Å². The van der Waals surface area contributed by atoms with E-state index in [9.17, 15) is 46.4 Å². The number of benzene rings is 1. The highest BCUT2D eigenvalue weighted by atomic mass is 19.4. The standard InChI is InChI=1S/C28H30F5N5O5/c1-35-23(40)27(10-15-5-6-15,36-24(41)28(31,32)33)18(7-14-3-4-14)22(39)38-13-26(11-17(38)12-34)25(42)37(2)21-19(30)8-16(29)9-20(21)43-26/h8-9,14-15,17-18H,3-7,10-11,13H2,1-2H3,(H,35,40)(H,36,41)/t17-,18+,26+,27?/m0/s1. The molecule has 1 unspecified atom stereocenters. The Hall–Kier alpha value is -3.96. The Kier molecular flexibility index (Phi) is 7.55. The number of alkyl halides is 3. The molecule has 0 aromatic heterocycles. The molecule has 2 heterocycles. The largest absolute Gasteiger partial charge is 0.473 e. The third-order valence-electron chi connectivity index (χ3n) is 8.78. The number of amides is 4. The SMILES string of the molecule is CNC(=O)C(CC1CC1)(NC(=O)C(F)(F)F)[C@H](CC1CC1)C(=O)N1C[C@@]2(C[C@H]1C#N)Oc1cc(F)cc(F)c1N(C)C2=O. The number of hydrogen-bond acceptors (Lipinski definition) is 6. The van der Waals surface area contributed by atoms with Crippen molar-refractivity contribution in [3.05, 3.63) is 23.8 Å². The predicted octanol–water partition coefficient (Wildman–Crippen LogP) is 2.56. The summed E-state index contributed by atoms with van der Waals surface area (Å²) in [5.41, 5.74) is -4.57. The monoisotopic (exact) mass is 611 g/mol. The van der Waals surface area contributed by atoms with Crippen molar-refractivity contribution < 1.29 is 45.9 Å². The van der Waals surface area contributed by atoms with E-state index in [-0.39, 0.29) is 36.1 Å². The first-order valence-corrected chi connectivity index (χ1v) is 13.9. The Labute approximate surface area is 243 Å². The van der Waals surface area contributed by atoms with Crippen molar-refractivity contribution in [2.24, 2.45) is 17.8 Å². The number of likely N-dealkylation sites (tertiary alicyclic amines) is 1. The fourth-order valence-electron chi connectivity index (χ4n) is 6.32. The molecule has 15 heteroatoms. The summed E-state index contributed by atoms with van der Waals surface area (Å²) in [5.74, 6) is -9.33. The molecule has 43 heavy (non-hydrogen) atoms. The smallest absolute Gasteiger partial charge is 0.471 e. The van der Waals surface area contributed by atoms with Crippen molar-refractivity contribution in [2.45, 2.75) is 68.3 Å². The van der Waals surface area contributed by atoms with E-state index in [1.54, 1.807) is 0 Å². The van der Waals surface area contributed by atoms with Crippen molar-refractivity contribution >= 4 is 29.3 Å². The maximum absolute atomic E-state index is 14.6. The summed E-state index contributed by atoms with van der Waals surface area (Å²) in [4.78, 5) is 55.7. The van der Waals surface area contributed by atoms with E-state index in [0.717, 1.165) is 15.9 Å². The topological polar surface area (TPSA) is 132 Å². The first-order chi connectivity index (χ1) is 20.2. The summed E-state index contributed by atoms with van der Waals surface area (Å²) < 4.78 is 75.2. The molecule has 1 aromatic rings. The zero-order valence-corrected chi connectivity index (χ0v) is 23.4. The minimum Gasteiger partial charge on any atom is -0.473 e. The van der Waals surface area contributed by atoms with E-state index in [1.165, 1.54) is 14.1 Å². The van der Waals surface area contributed by atoms with Gasteiger partial charge in [0.25, 0.3) is 5.91 Å². The average molecular weight is 612 g/mol. The summed E-state index contributed by atoms with van der Waals surface area (Å²) in [5, 5.41) is 14.2. The molecule has 1 saturated heterocycles. The molecule has 10 nitrogen and oxygen atoms in total. The van der Waals surface area contributed by atoms with Crippen LogP contribution in [0.15, 0.2) is 12.1 Å². The predicted molar refractivity (Wildman–Crippen MR) is 138 cm³/mol. The van der Waals surface area contributed by atoms with Crippen LogP contribution >= 0.6 is 0 Å². The van der Waals surface area contributed by atoms with Gasteiger partial charge in [-0.1, -0.05) is 25.7 Å². The summed E-state index contributed by atoms with van der Waals surface area (Å²) in [6.45, 7) is -0.577. The molecule has 4 aliphatic rings. The molecule has 0 radical (unpaired) electrons. The fourth-order valence-corrected chi connectivity index (χ4v) is 6.32. The lowest BCUT2D eigenvalue weighted by molar-refractivity contribution is -0.178. The van der Waals surface area contributed by atoms with E-state index < -0.39 is 77.5 Å². The Bertz CT molecular complexity index is 1410. The Morgan fingerprint density at radius 2 is 1.79 bits per heavy atom. The van der Waals surface area contributed by atoms with E-state index in [1.807, 2.05) is 11.4 Å². The number of halogens is 5. The van der Waals surface area contributed by atoms with Crippen LogP contribution in [0.2, 0.25) is 0 Å². The van der Waals surface area contributed by atoms with E-state index in [2.05, 4.69) is 5.32 Å². The van der Waals surface area contributed by atoms with Gasteiger partial charge in [-0.15, -0.1) is 0 Å². The molecule has 2 aliphatic carbocycles. The van der Waals surface area contributed by atoms with Crippen LogP contribution in [0.1, 0.15) is 44.9 Å². The minimum absolute atomic E-state index is 0.0489. The van der Waals surface area contributed by atoms with Crippen LogP contribution in [0.3, 0.4) is 0 Å². The molecule has 0 bridgehead atoms. The van der Waals surface area contributed by atoms with Gasteiger partial charge in [0.15, 0.2) is 11.6 Å². The van der Waals surface area contributed by atoms with Crippen LogP contribution in [0, 0.1) is 40.7 Å². The van der Waals surface area contributed by atoms with Gasteiger partial charge in [-0.25, -0.2) is 8.78 Å². The van der Waals surface area contributed by atoms with Crippen molar-refractivity contribution in [2.75, 3.05) is 25.5 Å². The highest BCUT2D eigenvalue weighted by Crippen LogP contribution is 2.48. The summed E-state index contributed by atoms with van der Waals surface area (Å²) in [6, 6.07) is 2.02. The second-order valence-electron chi connectivity index (χ2n) is 11.9. The molecule has 2 saturated carbocycles. The lowest BCUT2D eigenvalue weighted by Crippen LogP contribution is -2.68. The quantitative estimate of drug-likeness (QED) is 0.435. The number of carbonyl (C=O) groups excluding carboxylic acids is 4. The second-order valence-corrected chi connectivity index (χ2v) is 11.9. The number of nitriles is 1. The third kappa shape index (κ3) is 5.47. The number of hydrogen-bond donors (Lipinski definition) is 2. The van der Waals surface area contributed by atoms with Crippen molar-refractivity contribution in [1.29, 1.82) is 5.26 Å². The van der Waals surface area contributed by atoms with Crippen LogP contribution in [0.4, 0.5) is 27.6 Å². The molecule has 2 aliphatic heterocycles. The highest BCUT2D eigenvalue weighted by molar-refractivity contribution is 6.04. The fraction of sp³-hybridized carbons (Fsp3) is 0.607. The van der Waals surface area contributed by atoms with Crippen LogP contribution in [-0.4, -0.2) is 72.5 Å². The number of carbonyl (C=O) groups is 4. The van der Waals surface area contributed by atoms with Crippen molar-refractivity contribution in [3.8, 4) is 11.8 Å². The van der Waals surface area contributed by atoms with E-state index in [4.69, 9.17) is 4.74 Å². The van der Waals surface area contributed by atoms with Gasteiger partial charge in [-0.3, -0.25) is 19.2 Å². The lowest BCUT2D eigenvalue weighted by Gasteiger charge is -2.42. The maximum atomic E-state index is 14.6. The van der Waals surface area contributed by atoms with Gasteiger partial charge in [0, 0.05) is 32.6 Å². The molecule has 3 fully saturated rings. The maximum Gasteiger partial charge on any atom is 0.471 e. The minimum atomic E-state index is -5.35. The van der Waals surface area contributed by atoms with E-state index in [0.29, 0.717) is 31.7 Å². The molecule has 4 amide bonds. The molecule has 4 atom stereocenters. The highest BCUT2D eigenvalue weighted by Gasteiger charge is 2.62. The number of anilines is 1. The first kappa shape index (κ1) is 30.5. The van der Waals surface area contributed by atoms with E-state index >= 15 is 0 Å². The number of likely N-dealkylation sites (N-methyl/N-ethyl adjacent to an activating group) is 2. The summed E-state index contributed by atoms with van der Waals surface area (Å²) in [6.07, 6.45) is -3.58. The van der Waals surface area contributed by atoms with Gasteiger partial charge in [0.1, 0.15) is 23.1 Å². The van der Waals surface area contributed by atoms with Gasteiger partial charge in [-0.2, -0.15) is 18.4 Å². The molecule has 2 N–H and O–H groups in total. The Morgan fingerprint density at radius 3 is 2.35 bits per heavy atom. The molecular weight excluding hydrogens is 581 g/mol. The Morgan fingerprint density at radius 1 is 1.14 bits per heavy atom. The van der Waals surface area contributed by atoms with Gasteiger partial charge in [-0.05, 0) is 24.7 Å². The number of fused-ring (bicyclic) bond motifs is 1. The van der Waals surface area contributed by atoms with Crippen molar-refractivity contribution in [1.82, 2.24) is 15.5 Å². The Balaban J connectivity index is 1.55. The van der Waals surface area contributed by atoms with Crippen molar-refractivity contribution in [3.63, 3.8) is 0 Å². The molecule has 1 aromatic carbocycles. The molecular formula is C28H30F5N5O5. The molecule has 232 valence electrons. The number of nitrogens with one attached hydrogen (secondary N) is 2. The number of rotatable bonds is 8. The van der Waals surface area contributed by atoms with Gasteiger partial charge >= 0.3 is 12.1 Å². The van der Waals surface area contributed by atoms with Crippen LogP contribution < -0.4 is 20.3 Å². The average Bonchev–Trinajstić information content (AvgIpc) is 3.87. The zero-order chi connectivity index (χ0) is 31.5. The summed E-state index contributed by atoms with van der Waals surface area (Å²) >= 11 is 0. The lowest BCUT2D eigenvalue weighted by atomic mass is 9.74. The van der Waals surface area contributed by atoms with Crippen LogP contribution in [0.5, 0.6) is 5.75 Å². The second kappa shape index (κ2) is 10.6. The number of ether oxygens (including phenoxy) is 1. The van der Waals surface area contributed by atoms with Gasteiger partial charge in [0.2, 0.25) is 17.4 Å². The van der Waals surface area contributed by atoms with Gasteiger partial charge < -0.3 is 25.2 Å². The zero-order valence-electron chi connectivity index (χ0n) is 23.4. The van der Waals surface area contributed by atoms with Crippen LogP contribution in [0.25, 0.3) is 0 Å².